The number of nitrogen functional groups attached to an aromatic ring is 1. The molecule has 0 saturated carbocycles. The van der Waals surface area contributed by atoms with Crippen molar-refractivity contribution in [3.8, 4) is 0 Å². The Morgan fingerprint density at radius 2 is 2.04 bits per heavy atom. The molecule has 1 aromatic heterocycles. The van der Waals surface area contributed by atoms with Crippen molar-refractivity contribution in [2.75, 3.05) is 22.5 Å². The number of anilines is 4. The summed E-state index contributed by atoms with van der Waals surface area (Å²) in [5.41, 5.74) is 5.42. The molecule has 3 N–H and O–H groups in total. The van der Waals surface area contributed by atoms with E-state index in [2.05, 4.69) is 34.0 Å². The number of aryl methyl sites for hydroxylation is 1. The molecule has 0 bridgehead atoms. The van der Waals surface area contributed by atoms with E-state index in [1.165, 1.54) is 12.1 Å². The van der Waals surface area contributed by atoms with Crippen LogP contribution in [-0.2, 0) is 12.6 Å². The second-order valence-electron chi connectivity index (χ2n) is 6.90. The molecule has 0 spiro atoms. The van der Waals surface area contributed by atoms with E-state index in [1.54, 1.807) is 0 Å². The highest BCUT2D eigenvalue weighted by atomic mass is 19.4. The third-order valence-corrected chi connectivity index (χ3v) is 4.73. The molecule has 3 rings (SSSR count). The molecular formula is C19H24F3N5. The standard InChI is InChI=1S/C19H24F3N5/c1-3-5-13-11-17(27-9-4-6-12(27)2)26-18(24-13)25-14-7-8-16(23)15(10-14)19(20,21)22/h7-8,10-12H,3-6,9,23H2,1-2H3,(H,24,25,26)/t12-/m1/s1. The fourth-order valence-electron chi connectivity index (χ4n) is 3.35. The highest BCUT2D eigenvalue weighted by molar-refractivity contribution is 5.63. The normalized spacial score (nSPS) is 17.4. The first kappa shape index (κ1) is 19.3. The second-order valence-corrected chi connectivity index (χ2v) is 6.90. The van der Waals surface area contributed by atoms with Crippen LogP contribution in [0.2, 0.25) is 0 Å². The molecule has 8 heteroatoms. The molecule has 146 valence electrons. The zero-order valence-electron chi connectivity index (χ0n) is 15.5. The van der Waals surface area contributed by atoms with E-state index in [4.69, 9.17) is 5.73 Å². The summed E-state index contributed by atoms with van der Waals surface area (Å²) < 4.78 is 39.3. The number of nitrogens with two attached hydrogens (primary N) is 1. The van der Waals surface area contributed by atoms with Gasteiger partial charge in [0.15, 0.2) is 0 Å². The van der Waals surface area contributed by atoms with Crippen LogP contribution in [0.25, 0.3) is 0 Å². The minimum atomic E-state index is -4.51. The molecule has 1 saturated heterocycles. The number of hydrogen-bond acceptors (Lipinski definition) is 5. The first-order valence-electron chi connectivity index (χ1n) is 9.16. The first-order valence-corrected chi connectivity index (χ1v) is 9.16. The Balaban J connectivity index is 1.93. The van der Waals surface area contributed by atoms with Crippen molar-refractivity contribution in [2.45, 2.75) is 51.7 Å². The van der Waals surface area contributed by atoms with Crippen LogP contribution in [0.3, 0.4) is 0 Å². The quantitative estimate of drug-likeness (QED) is 0.733. The zero-order valence-corrected chi connectivity index (χ0v) is 15.5. The Hall–Kier alpha value is -2.51. The van der Waals surface area contributed by atoms with E-state index >= 15 is 0 Å². The van der Waals surface area contributed by atoms with E-state index in [9.17, 15) is 13.2 Å². The molecule has 0 amide bonds. The van der Waals surface area contributed by atoms with Crippen LogP contribution in [0, 0.1) is 0 Å². The van der Waals surface area contributed by atoms with Crippen molar-refractivity contribution in [3.05, 3.63) is 35.5 Å². The van der Waals surface area contributed by atoms with Gasteiger partial charge in [-0.05, 0) is 44.4 Å². The van der Waals surface area contributed by atoms with Crippen molar-refractivity contribution in [1.29, 1.82) is 0 Å². The van der Waals surface area contributed by atoms with Gasteiger partial charge in [-0.3, -0.25) is 0 Å². The topological polar surface area (TPSA) is 67.1 Å². The van der Waals surface area contributed by atoms with Crippen LogP contribution < -0.4 is 16.0 Å². The highest BCUT2D eigenvalue weighted by Crippen LogP contribution is 2.35. The lowest BCUT2D eigenvalue weighted by Gasteiger charge is -2.23. The summed E-state index contributed by atoms with van der Waals surface area (Å²) in [5.74, 6) is 1.11. The van der Waals surface area contributed by atoms with Gasteiger partial charge in [-0.2, -0.15) is 18.2 Å². The molecule has 0 radical (unpaired) electrons. The molecule has 1 fully saturated rings. The van der Waals surface area contributed by atoms with E-state index < -0.39 is 11.7 Å². The monoisotopic (exact) mass is 379 g/mol. The summed E-state index contributed by atoms with van der Waals surface area (Å²) in [6.07, 6.45) is -0.608. The Morgan fingerprint density at radius 3 is 2.67 bits per heavy atom. The molecule has 0 unspecified atom stereocenters. The van der Waals surface area contributed by atoms with Crippen LogP contribution in [0.5, 0.6) is 0 Å². The van der Waals surface area contributed by atoms with Gasteiger partial charge in [0.05, 0.1) is 5.56 Å². The molecule has 2 aromatic rings. The van der Waals surface area contributed by atoms with Crippen LogP contribution >= 0.6 is 0 Å². The molecular weight excluding hydrogens is 355 g/mol. The van der Waals surface area contributed by atoms with Gasteiger partial charge in [0.2, 0.25) is 5.95 Å². The molecule has 1 aliphatic heterocycles. The van der Waals surface area contributed by atoms with Crippen molar-refractivity contribution in [2.24, 2.45) is 0 Å². The highest BCUT2D eigenvalue weighted by Gasteiger charge is 2.33. The summed E-state index contributed by atoms with van der Waals surface area (Å²) in [7, 11) is 0. The predicted molar refractivity (Wildman–Crippen MR) is 101 cm³/mol. The van der Waals surface area contributed by atoms with Crippen molar-refractivity contribution in [1.82, 2.24) is 9.97 Å². The number of nitrogens with zero attached hydrogens (tertiary/aromatic N) is 3. The first-order chi connectivity index (χ1) is 12.8. The van der Waals surface area contributed by atoms with E-state index in [0.717, 1.165) is 49.8 Å². The lowest BCUT2D eigenvalue weighted by Crippen LogP contribution is -2.27. The third kappa shape index (κ3) is 4.43. The summed E-state index contributed by atoms with van der Waals surface area (Å²) in [6, 6.07) is 6.09. The Bertz CT molecular complexity index is 806. The van der Waals surface area contributed by atoms with Crippen LogP contribution in [0.1, 0.15) is 44.4 Å². The number of hydrogen-bond donors (Lipinski definition) is 2. The van der Waals surface area contributed by atoms with Crippen LogP contribution in [0.4, 0.5) is 36.3 Å². The summed E-state index contributed by atoms with van der Waals surface area (Å²) in [5, 5.41) is 2.92. The molecule has 27 heavy (non-hydrogen) atoms. The predicted octanol–water partition coefficient (Wildman–Crippen LogP) is 4.76. The van der Waals surface area contributed by atoms with Gasteiger partial charge < -0.3 is 16.0 Å². The maximum absolute atomic E-state index is 13.1. The minimum absolute atomic E-state index is 0.255. The molecule has 1 aliphatic rings. The Kier molecular flexibility index (Phi) is 5.43. The molecule has 1 atom stereocenters. The maximum Gasteiger partial charge on any atom is 0.418 e. The van der Waals surface area contributed by atoms with E-state index in [1.807, 2.05) is 6.07 Å². The lowest BCUT2D eigenvalue weighted by molar-refractivity contribution is -0.136. The fraction of sp³-hybridized carbons (Fsp3) is 0.474. The molecule has 1 aromatic carbocycles. The third-order valence-electron chi connectivity index (χ3n) is 4.73. The average Bonchev–Trinajstić information content (AvgIpc) is 3.02. The zero-order chi connectivity index (χ0) is 19.6. The Morgan fingerprint density at radius 1 is 1.26 bits per heavy atom. The lowest BCUT2D eigenvalue weighted by atomic mass is 10.1. The summed E-state index contributed by atoms with van der Waals surface area (Å²) >= 11 is 0. The van der Waals surface area contributed by atoms with Gasteiger partial charge in [0.1, 0.15) is 5.82 Å². The second kappa shape index (κ2) is 7.62. The molecule has 5 nitrogen and oxygen atoms in total. The van der Waals surface area contributed by atoms with E-state index in [0.29, 0.717) is 12.0 Å². The van der Waals surface area contributed by atoms with Gasteiger partial charge >= 0.3 is 6.18 Å². The fourth-order valence-corrected chi connectivity index (χ4v) is 3.35. The average molecular weight is 379 g/mol. The number of rotatable bonds is 5. The number of nitrogens with one attached hydrogen (secondary N) is 1. The largest absolute Gasteiger partial charge is 0.418 e. The maximum atomic E-state index is 13.1. The van der Waals surface area contributed by atoms with Crippen molar-refractivity contribution in [3.63, 3.8) is 0 Å². The van der Waals surface area contributed by atoms with Crippen LogP contribution in [0.15, 0.2) is 24.3 Å². The molecule has 2 heterocycles. The SMILES string of the molecule is CCCc1cc(N2CCC[C@H]2C)nc(Nc2ccc(N)c(C(F)(F)F)c2)n1. The van der Waals surface area contributed by atoms with E-state index in [-0.39, 0.29) is 11.4 Å². The number of alkyl halides is 3. The minimum Gasteiger partial charge on any atom is -0.398 e. The number of halogens is 3. The van der Waals surface area contributed by atoms with Gasteiger partial charge in [0, 0.05) is 35.7 Å². The van der Waals surface area contributed by atoms with Gasteiger partial charge in [0.25, 0.3) is 0 Å². The molecule has 0 aliphatic carbocycles. The van der Waals surface area contributed by atoms with Gasteiger partial charge in [-0.15, -0.1) is 0 Å². The number of aromatic nitrogens is 2. The smallest absolute Gasteiger partial charge is 0.398 e. The van der Waals surface area contributed by atoms with Crippen LogP contribution in [-0.4, -0.2) is 22.6 Å². The van der Waals surface area contributed by atoms with Gasteiger partial charge in [-0.1, -0.05) is 13.3 Å². The Labute approximate surface area is 156 Å². The summed E-state index contributed by atoms with van der Waals surface area (Å²) in [4.78, 5) is 11.2. The summed E-state index contributed by atoms with van der Waals surface area (Å²) in [6.45, 7) is 5.13. The number of benzene rings is 1. The van der Waals surface area contributed by atoms with Gasteiger partial charge in [-0.25, -0.2) is 4.98 Å². The van der Waals surface area contributed by atoms with Crippen molar-refractivity contribution >= 4 is 23.1 Å². The van der Waals surface area contributed by atoms with Crippen molar-refractivity contribution < 1.29 is 13.2 Å².